The number of aromatic amines is 1. The summed E-state index contributed by atoms with van der Waals surface area (Å²) >= 11 is 0. The lowest BCUT2D eigenvalue weighted by Crippen LogP contribution is -1.92. The summed E-state index contributed by atoms with van der Waals surface area (Å²) in [7, 11) is 1.56. The van der Waals surface area contributed by atoms with Gasteiger partial charge in [0, 0.05) is 29.0 Å². The Morgan fingerprint density at radius 3 is 2.64 bits per heavy atom. The Morgan fingerprint density at radius 2 is 1.88 bits per heavy atom. The maximum atomic E-state index is 10.3. The van der Waals surface area contributed by atoms with Gasteiger partial charge in [-0.2, -0.15) is 10.2 Å². The van der Waals surface area contributed by atoms with Gasteiger partial charge in [0.1, 0.15) is 11.5 Å². The summed E-state index contributed by atoms with van der Waals surface area (Å²) in [4.78, 5) is 0. The Labute approximate surface area is 144 Å². The summed E-state index contributed by atoms with van der Waals surface area (Å²) in [5.41, 5.74) is 4.13. The van der Waals surface area contributed by atoms with Crippen molar-refractivity contribution in [2.75, 3.05) is 7.11 Å². The second-order valence-corrected chi connectivity index (χ2v) is 5.55. The van der Waals surface area contributed by atoms with Crippen molar-refractivity contribution in [2.45, 2.75) is 0 Å². The first-order valence-electron chi connectivity index (χ1n) is 7.77. The summed E-state index contributed by atoms with van der Waals surface area (Å²) < 4.78 is 6.94. The summed E-state index contributed by atoms with van der Waals surface area (Å²) in [6.45, 7) is 0. The molecular weight excluding hydrogens is 316 g/mol. The molecule has 2 aromatic carbocycles. The number of aromatic nitrogens is 4. The first-order chi connectivity index (χ1) is 12.3. The normalized spacial score (nSPS) is 10.8. The van der Waals surface area contributed by atoms with Crippen molar-refractivity contribution in [3.8, 4) is 39.6 Å². The van der Waals surface area contributed by atoms with Crippen LogP contribution in [0.15, 0.2) is 67.1 Å². The van der Waals surface area contributed by atoms with Crippen LogP contribution in [0.4, 0.5) is 0 Å². The van der Waals surface area contributed by atoms with Crippen LogP contribution in [0.2, 0.25) is 0 Å². The van der Waals surface area contributed by atoms with E-state index in [2.05, 4.69) is 15.3 Å². The van der Waals surface area contributed by atoms with Gasteiger partial charge in [0.2, 0.25) is 0 Å². The maximum Gasteiger partial charge on any atom is 0.128 e. The molecule has 2 heterocycles. The number of para-hydroxylation sites is 1. The summed E-state index contributed by atoms with van der Waals surface area (Å²) in [6, 6.07) is 15.1. The Kier molecular flexibility index (Phi) is 3.70. The van der Waals surface area contributed by atoms with E-state index >= 15 is 0 Å². The molecule has 6 nitrogen and oxygen atoms in total. The van der Waals surface area contributed by atoms with Crippen LogP contribution in [0.1, 0.15) is 0 Å². The Morgan fingerprint density at radius 1 is 1.04 bits per heavy atom. The summed E-state index contributed by atoms with van der Waals surface area (Å²) in [5.74, 6) is 0.722. The number of methoxy groups -OCH3 is 1. The molecule has 2 aromatic heterocycles. The monoisotopic (exact) mass is 332 g/mol. The minimum Gasteiger partial charge on any atom is -0.507 e. The Hall–Kier alpha value is -3.54. The second kappa shape index (κ2) is 6.16. The molecule has 0 bridgehead atoms. The average molecular weight is 332 g/mol. The zero-order chi connectivity index (χ0) is 17.2. The number of benzene rings is 2. The molecule has 0 saturated carbocycles. The topological polar surface area (TPSA) is 76.0 Å². The lowest BCUT2D eigenvalue weighted by atomic mass is 10.0. The Bertz CT molecular complexity index is 1010. The van der Waals surface area contributed by atoms with Gasteiger partial charge >= 0.3 is 0 Å². The summed E-state index contributed by atoms with van der Waals surface area (Å²) in [6.07, 6.45) is 5.44. The van der Waals surface area contributed by atoms with E-state index in [1.54, 1.807) is 42.4 Å². The number of hydrogen-bond donors (Lipinski definition) is 2. The van der Waals surface area contributed by atoms with Gasteiger partial charge < -0.3 is 9.84 Å². The molecule has 0 aliphatic carbocycles. The summed E-state index contributed by atoms with van der Waals surface area (Å²) in [5, 5.41) is 21.8. The molecular formula is C19H16N4O2. The van der Waals surface area contributed by atoms with E-state index in [0.717, 1.165) is 22.5 Å². The van der Waals surface area contributed by atoms with E-state index < -0.39 is 0 Å². The number of ether oxygens (including phenoxy) is 1. The van der Waals surface area contributed by atoms with Gasteiger partial charge in [-0.05, 0) is 24.3 Å². The van der Waals surface area contributed by atoms with Crippen LogP contribution in [0.3, 0.4) is 0 Å². The molecule has 124 valence electrons. The number of hydrogen-bond acceptors (Lipinski definition) is 4. The lowest BCUT2D eigenvalue weighted by molar-refractivity contribution is 0.408. The second-order valence-electron chi connectivity index (χ2n) is 5.55. The third-order valence-corrected chi connectivity index (χ3v) is 4.03. The fraction of sp³-hybridized carbons (Fsp3) is 0.0526. The van der Waals surface area contributed by atoms with E-state index in [1.807, 2.05) is 36.5 Å². The van der Waals surface area contributed by atoms with Crippen LogP contribution in [0.5, 0.6) is 11.5 Å². The van der Waals surface area contributed by atoms with Crippen LogP contribution in [0, 0.1) is 0 Å². The van der Waals surface area contributed by atoms with Gasteiger partial charge in [-0.25, -0.2) is 4.68 Å². The molecule has 0 saturated heterocycles. The van der Waals surface area contributed by atoms with Gasteiger partial charge in [-0.1, -0.05) is 18.2 Å². The van der Waals surface area contributed by atoms with Crippen LogP contribution in [-0.4, -0.2) is 32.2 Å². The largest absolute Gasteiger partial charge is 0.507 e. The average Bonchev–Trinajstić information content (AvgIpc) is 3.31. The molecule has 4 rings (SSSR count). The molecule has 0 aliphatic rings. The molecule has 2 N–H and O–H groups in total. The number of nitrogens with one attached hydrogen (secondary N) is 1. The number of H-pyrrole nitrogens is 1. The molecule has 0 unspecified atom stereocenters. The minimum absolute atomic E-state index is 0.125. The van der Waals surface area contributed by atoms with Gasteiger partial charge in [0.05, 0.1) is 30.9 Å². The van der Waals surface area contributed by atoms with Crippen molar-refractivity contribution in [3.63, 3.8) is 0 Å². The van der Waals surface area contributed by atoms with Gasteiger partial charge in [-0.15, -0.1) is 0 Å². The van der Waals surface area contributed by atoms with Crippen molar-refractivity contribution in [1.82, 2.24) is 20.0 Å². The molecule has 0 aliphatic heterocycles. The van der Waals surface area contributed by atoms with E-state index in [9.17, 15) is 5.11 Å². The Balaban J connectivity index is 1.75. The van der Waals surface area contributed by atoms with Crippen molar-refractivity contribution < 1.29 is 9.84 Å². The molecule has 0 fully saturated rings. The van der Waals surface area contributed by atoms with Crippen molar-refractivity contribution in [1.29, 1.82) is 0 Å². The lowest BCUT2D eigenvalue weighted by Gasteiger charge is -2.07. The number of aromatic hydroxyl groups is 1. The van der Waals surface area contributed by atoms with E-state index in [-0.39, 0.29) is 5.75 Å². The van der Waals surface area contributed by atoms with Crippen LogP contribution in [-0.2, 0) is 0 Å². The zero-order valence-corrected chi connectivity index (χ0v) is 13.5. The highest BCUT2D eigenvalue weighted by Gasteiger charge is 2.15. The quantitative estimate of drug-likeness (QED) is 0.598. The predicted octanol–water partition coefficient (Wildman–Crippen LogP) is 3.64. The van der Waals surface area contributed by atoms with Gasteiger partial charge in [0.25, 0.3) is 0 Å². The van der Waals surface area contributed by atoms with Gasteiger partial charge in [0.15, 0.2) is 0 Å². The first-order valence-corrected chi connectivity index (χ1v) is 7.77. The van der Waals surface area contributed by atoms with Crippen LogP contribution >= 0.6 is 0 Å². The first kappa shape index (κ1) is 15.0. The third kappa shape index (κ3) is 2.74. The standard InChI is InChI=1S/C19H16N4O2/c1-25-15-7-8-16(18(24)9-15)19-17(11-20-22-19)13-10-21-23(12-13)14-5-3-2-4-6-14/h2-12,24H,1H3,(H,20,22). The third-order valence-electron chi connectivity index (χ3n) is 4.03. The molecule has 6 heteroatoms. The minimum atomic E-state index is 0.125. The highest BCUT2D eigenvalue weighted by Crippen LogP contribution is 2.36. The SMILES string of the molecule is COc1ccc(-c2[nH]ncc2-c2cnn(-c3ccccc3)c2)c(O)c1. The van der Waals surface area contributed by atoms with E-state index in [1.165, 1.54) is 0 Å². The molecule has 0 spiro atoms. The predicted molar refractivity (Wildman–Crippen MR) is 94.8 cm³/mol. The molecule has 0 amide bonds. The van der Waals surface area contributed by atoms with Crippen molar-refractivity contribution >= 4 is 0 Å². The molecule has 0 atom stereocenters. The van der Waals surface area contributed by atoms with Crippen LogP contribution in [0.25, 0.3) is 28.1 Å². The molecule has 0 radical (unpaired) electrons. The van der Waals surface area contributed by atoms with Gasteiger partial charge in [-0.3, -0.25) is 5.10 Å². The maximum absolute atomic E-state index is 10.3. The fourth-order valence-electron chi connectivity index (χ4n) is 2.74. The van der Waals surface area contributed by atoms with E-state index in [0.29, 0.717) is 11.3 Å². The number of phenolic OH excluding ortho intramolecular Hbond substituents is 1. The zero-order valence-electron chi connectivity index (χ0n) is 13.5. The van der Waals surface area contributed by atoms with E-state index in [4.69, 9.17) is 4.74 Å². The smallest absolute Gasteiger partial charge is 0.128 e. The number of phenols is 1. The number of rotatable bonds is 4. The fourth-order valence-corrected chi connectivity index (χ4v) is 2.74. The van der Waals surface area contributed by atoms with Crippen molar-refractivity contribution in [3.05, 3.63) is 67.1 Å². The highest BCUT2D eigenvalue weighted by molar-refractivity contribution is 5.82. The highest BCUT2D eigenvalue weighted by atomic mass is 16.5. The molecule has 4 aromatic rings. The van der Waals surface area contributed by atoms with Crippen molar-refractivity contribution in [2.24, 2.45) is 0 Å². The van der Waals surface area contributed by atoms with Crippen LogP contribution < -0.4 is 4.74 Å². The number of nitrogens with zero attached hydrogens (tertiary/aromatic N) is 3. The molecule has 25 heavy (non-hydrogen) atoms.